The van der Waals surface area contributed by atoms with Gasteiger partial charge in [0.1, 0.15) is 11.6 Å². The van der Waals surface area contributed by atoms with E-state index in [1.807, 2.05) is 19.1 Å². The number of alkyl halides is 3. The summed E-state index contributed by atoms with van der Waals surface area (Å²) < 4.78 is 70.3. The van der Waals surface area contributed by atoms with Gasteiger partial charge in [0.05, 0.1) is 24.1 Å². The molecule has 0 saturated heterocycles. The number of nitrogens with one attached hydrogen (secondary N) is 1. The Balaban J connectivity index is 1.52. The Bertz CT molecular complexity index is 1620. The number of halogens is 5. The molecule has 2 heterocycles. The van der Waals surface area contributed by atoms with Crippen LogP contribution in [0.25, 0.3) is 11.1 Å². The highest BCUT2D eigenvalue weighted by Gasteiger charge is 2.39. The van der Waals surface area contributed by atoms with E-state index in [0.717, 1.165) is 28.4 Å². The van der Waals surface area contributed by atoms with E-state index >= 15 is 0 Å². The number of nitrogens with zero attached hydrogens (tertiary/aromatic N) is 3. The number of Topliss-reactive ketones (excluding diaryl/α,β-unsaturated/α-hetero) is 1. The predicted octanol–water partition coefficient (Wildman–Crippen LogP) is 6.10. The number of benzene rings is 2. The van der Waals surface area contributed by atoms with E-state index in [0.29, 0.717) is 30.5 Å². The molecule has 1 unspecified atom stereocenters. The number of carbonyl (C=O) groups excluding carboxylic acids is 1. The summed E-state index contributed by atoms with van der Waals surface area (Å²) in [6, 6.07) is 10.1. The van der Waals surface area contributed by atoms with Gasteiger partial charge >= 0.3 is 6.18 Å². The molecule has 4 aromatic rings. The summed E-state index contributed by atoms with van der Waals surface area (Å²) in [6.07, 6.45) is -1.82. The molecular weight excluding hydrogens is 543 g/mol. The second-order valence-corrected chi connectivity index (χ2v) is 10.4. The van der Waals surface area contributed by atoms with Crippen LogP contribution in [-0.2, 0) is 36.8 Å². The molecule has 2 aromatic carbocycles. The number of aromatic nitrogens is 4. The van der Waals surface area contributed by atoms with Crippen molar-refractivity contribution in [3.8, 4) is 11.1 Å². The summed E-state index contributed by atoms with van der Waals surface area (Å²) in [6.45, 7) is 1.48. The van der Waals surface area contributed by atoms with Crippen molar-refractivity contribution in [2.75, 3.05) is 0 Å². The Kier molecular flexibility index (Phi) is 7.88. The summed E-state index contributed by atoms with van der Waals surface area (Å²) in [5, 5.41) is 3.78. The van der Waals surface area contributed by atoms with E-state index in [9.17, 15) is 31.5 Å². The number of hydrogen-bond donors (Lipinski definition) is 1. The van der Waals surface area contributed by atoms with Crippen molar-refractivity contribution >= 4 is 5.78 Å². The average molecular weight is 571 g/mol. The van der Waals surface area contributed by atoms with E-state index in [1.54, 1.807) is 12.1 Å². The highest BCUT2D eigenvalue weighted by molar-refractivity contribution is 5.80. The van der Waals surface area contributed by atoms with Crippen molar-refractivity contribution in [1.82, 2.24) is 19.7 Å². The number of H-pyrrole nitrogens is 1. The van der Waals surface area contributed by atoms with Gasteiger partial charge < -0.3 is 4.98 Å². The summed E-state index contributed by atoms with van der Waals surface area (Å²) in [5.41, 5.74) is 1.29. The first-order valence-corrected chi connectivity index (χ1v) is 13.3. The van der Waals surface area contributed by atoms with Gasteiger partial charge in [-0.1, -0.05) is 29.8 Å². The minimum absolute atomic E-state index is 0.0409. The first-order valence-electron chi connectivity index (χ1n) is 13.3. The molecule has 1 aliphatic rings. The smallest absolute Gasteiger partial charge is 0.313 e. The molecule has 1 atom stereocenters. The van der Waals surface area contributed by atoms with Crippen LogP contribution < -0.4 is 5.56 Å². The Morgan fingerprint density at radius 1 is 1.05 bits per heavy atom. The van der Waals surface area contributed by atoms with Gasteiger partial charge in [0.15, 0.2) is 11.5 Å². The number of aromatic amines is 1. The maximum Gasteiger partial charge on any atom is 0.435 e. The maximum absolute atomic E-state index is 14.1. The Labute approximate surface area is 232 Å². The molecule has 41 heavy (non-hydrogen) atoms. The molecule has 0 aliphatic heterocycles. The fraction of sp³-hybridized carbons (Fsp3) is 0.333. The normalized spacial score (nSPS) is 14.1. The lowest BCUT2D eigenvalue weighted by atomic mass is 9.87. The fourth-order valence-electron chi connectivity index (χ4n) is 5.54. The standard InChI is InChI=1S/C30H27F5N4O2/c1-17-6-8-19(9-7-17)26-27(36-16-37-29(26)41)20(10-18-11-21(31)14-22(32)12-18)13-23(40)15-39-25-5-3-2-4-24(25)28(38-39)30(33,34)35/h6-9,11-12,14,16,20H,2-5,10,13,15H2,1H3,(H,36,37,41). The Morgan fingerprint density at radius 3 is 2.41 bits per heavy atom. The first-order chi connectivity index (χ1) is 19.5. The number of aryl methyl sites for hydroxylation is 1. The van der Waals surface area contributed by atoms with Gasteiger partial charge in [-0.2, -0.15) is 18.3 Å². The molecule has 0 bridgehead atoms. The van der Waals surface area contributed by atoms with E-state index < -0.39 is 47.3 Å². The van der Waals surface area contributed by atoms with Crippen LogP contribution >= 0.6 is 0 Å². The van der Waals surface area contributed by atoms with Gasteiger partial charge in [0.2, 0.25) is 0 Å². The molecule has 2 aromatic heterocycles. The average Bonchev–Trinajstić information content (AvgIpc) is 3.27. The largest absolute Gasteiger partial charge is 0.435 e. The Hall–Kier alpha value is -4.15. The number of hydrogen-bond acceptors (Lipinski definition) is 4. The zero-order chi connectivity index (χ0) is 29.3. The third kappa shape index (κ3) is 6.28. The Morgan fingerprint density at radius 2 is 1.73 bits per heavy atom. The summed E-state index contributed by atoms with van der Waals surface area (Å²) in [4.78, 5) is 33.4. The summed E-state index contributed by atoms with van der Waals surface area (Å²) in [7, 11) is 0. The second kappa shape index (κ2) is 11.4. The minimum Gasteiger partial charge on any atom is -0.313 e. The lowest BCUT2D eigenvalue weighted by molar-refractivity contribution is -0.142. The van der Waals surface area contributed by atoms with Crippen LogP contribution in [-0.4, -0.2) is 25.5 Å². The van der Waals surface area contributed by atoms with Gasteiger partial charge in [-0.3, -0.25) is 14.3 Å². The third-order valence-corrected chi connectivity index (χ3v) is 7.34. The van der Waals surface area contributed by atoms with Crippen LogP contribution in [0.3, 0.4) is 0 Å². The van der Waals surface area contributed by atoms with Crippen LogP contribution in [0.2, 0.25) is 0 Å². The van der Waals surface area contributed by atoms with Gasteiger partial charge in [0, 0.05) is 29.7 Å². The molecule has 6 nitrogen and oxygen atoms in total. The lowest BCUT2D eigenvalue weighted by Crippen LogP contribution is -2.22. The van der Waals surface area contributed by atoms with Crippen molar-refractivity contribution in [2.24, 2.45) is 0 Å². The summed E-state index contributed by atoms with van der Waals surface area (Å²) in [5.74, 6) is -2.86. The first kappa shape index (κ1) is 28.4. The third-order valence-electron chi connectivity index (χ3n) is 7.34. The molecule has 1 aliphatic carbocycles. The van der Waals surface area contributed by atoms with Gasteiger partial charge in [-0.05, 0) is 62.3 Å². The molecule has 214 valence electrons. The van der Waals surface area contributed by atoms with Gasteiger partial charge in [0.25, 0.3) is 5.56 Å². The van der Waals surface area contributed by atoms with Crippen LogP contribution in [0.1, 0.15) is 59.0 Å². The van der Waals surface area contributed by atoms with Crippen LogP contribution in [0.4, 0.5) is 22.0 Å². The van der Waals surface area contributed by atoms with Crippen molar-refractivity contribution in [2.45, 2.75) is 64.1 Å². The van der Waals surface area contributed by atoms with Crippen LogP contribution in [0.5, 0.6) is 0 Å². The monoisotopic (exact) mass is 570 g/mol. The lowest BCUT2D eigenvalue weighted by Gasteiger charge is -2.20. The highest BCUT2D eigenvalue weighted by atomic mass is 19.4. The molecular formula is C30H27F5N4O2. The summed E-state index contributed by atoms with van der Waals surface area (Å²) >= 11 is 0. The zero-order valence-corrected chi connectivity index (χ0v) is 22.2. The molecule has 1 N–H and O–H groups in total. The number of carbonyl (C=O) groups is 1. The number of rotatable bonds is 8. The number of fused-ring (bicyclic) bond motifs is 1. The molecule has 5 rings (SSSR count). The van der Waals surface area contributed by atoms with E-state index in [1.165, 1.54) is 6.33 Å². The van der Waals surface area contributed by atoms with Gasteiger partial charge in [-0.25, -0.2) is 13.8 Å². The number of ketones is 1. The highest BCUT2D eigenvalue weighted by Crippen LogP contribution is 2.36. The quantitative estimate of drug-likeness (QED) is 0.260. The fourth-order valence-corrected chi connectivity index (χ4v) is 5.54. The molecule has 11 heteroatoms. The molecule has 0 radical (unpaired) electrons. The van der Waals surface area contributed by atoms with Crippen molar-refractivity contribution in [3.05, 3.63) is 105 Å². The SMILES string of the molecule is Cc1ccc(-c2c(C(CC(=O)Cn3nc(C(F)(F)F)c4c3CCCC4)Cc3cc(F)cc(F)c3)nc[nH]c2=O)cc1. The van der Waals surface area contributed by atoms with Crippen molar-refractivity contribution in [3.63, 3.8) is 0 Å². The van der Waals surface area contributed by atoms with Gasteiger partial charge in [-0.15, -0.1) is 0 Å². The molecule has 0 spiro atoms. The van der Waals surface area contributed by atoms with Crippen molar-refractivity contribution < 1.29 is 26.7 Å². The van der Waals surface area contributed by atoms with Crippen LogP contribution in [0.15, 0.2) is 53.6 Å². The van der Waals surface area contributed by atoms with E-state index in [-0.39, 0.29) is 41.6 Å². The zero-order valence-electron chi connectivity index (χ0n) is 22.2. The molecule has 0 fully saturated rings. The topological polar surface area (TPSA) is 80.6 Å². The maximum atomic E-state index is 14.1. The van der Waals surface area contributed by atoms with Crippen LogP contribution in [0, 0.1) is 18.6 Å². The molecule has 0 amide bonds. The van der Waals surface area contributed by atoms with Crippen molar-refractivity contribution in [1.29, 1.82) is 0 Å². The minimum atomic E-state index is -4.64. The van der Waals surface area contributed by atoms with E-state index in [4.69, 9.17) is 0 Å². The second-order valence-electron chi connectivity index (χ2n) is 10.4. The molecule has 0 saturated carbocycles. The predicted molar refractivity (Wildman–Crippen MR) is 141 cm³/mol. The van der Waals surface area contributed by atoms with E-state index in [2.05, 4.69) is 15.1 Å².